The van der Waals surface area contributed by atoms with Crippen molar-refractivity contribution in [2.24, 2.45) is 0 Å². The maximum Gasteiger partial charge on any atom is 0.244 e. The lowest BCUT2D eigenvalue weighted by Crippen LogP contribution is -2.42. The smallest absolute Gasteiger partial charge is 0.244 e. The molecule has 10 nitrogen and oxygen atoms in total. The Morgan fingerprint density at radius 1 is 0.725 bits per heavy atom. The molecule has 0 amide bonds. The second-order valence-electron chi connectivity index (χ2n) is 10.1. The fourth-order valence-corrected chi connectivity index (χ4v) is 5.84. The Morgan fingerprint density at radius 3 is 2.05 bits per heavy atom. The van der Waals surface area contributed by atoms with Crippen LogP contribution in [0.1, 0.15) is 44.8 Å². The topological polar surface area (TPSA) is 166 Å². The van der Waals surface area contributed by atoms with Gasteiger partial charge in [0.25, 0.3) is 0 Å². The van der Waals surface area contributed by atoms with E-state index in [0.717, 1.165) is 6.07 Å². The van der Waals surface area contributed by atoms with E-state index in [0.29, 0.717) is 11.1 Å². The molecule has 3 aliphatic rings. The number of carbonyl (C=O) groups excluding carboxylic acids is 1. The summed E-state index contributed by atoms with van der Waals surface area (Å²) in [5, 5.41) is 62.3. The SMILES string of the molecule is O=C1c2c(O)cc(O)cc2O[C@@]12c1c(cc(O)c3c1O[C@H](c1ccc(O)cc1)[C@@H](O)C3)O[C@@H]2c1ccc(O)cc1. The van der Waals surface area contributed by atoms with Crippen molar-refractivity contribution in [3.8, 4) is 46.0 Å². The fraction of sp³-hybridized carbons (Fsp3) is 0.167. The van der Waals surface area contributed by atoms with Crippen LogP contribution >= 0.6 is 0 Å². The average Bonchev–Trinajstić information content (AvgIpc) is 3.39. The number of phenols is 5. The summed E-state index contributed by atoms with van der Waals surface area (Å²) >= 11 is 0. The lowest BCUT2D eigenvalue weighted by atomic mass is 9.79. The minimum Gasteiger partial charge on any atom is -0.508 e. The number of Topliss-reactive ketones (excluding diaryl/α,β-unsaturated/α-hetero) is 1. The third kappa shape index (κ3) is 3.23. The molecule has 0 unspecified atom stereocenters. The standard InChI is InChI=1S/C30H22O10/c31-15-5-1-13(2-6-15)26-21(36)11-18-19(34)12-23-25(27(18)39-26)30(29(38-23)14-3-7-16(32)8-4-14)28(37)24-20(35)9-17(33)10-22(24)40-30/h1-10,12,21,26,29,31-36H,11H2/t21-,26+,29+,30-/m0/s1. The van der Waals surface area contributed by atoms with Crippen LogP contribution in [-0.4, -0.2) is 42.5 Å². The van der Waals surface area contributed by atoms with Gasteiger partial charge in [0.15, 0.2) is 6.10 Å². The van der Waals surface area contributed by atoms with Crippen molar-refractivity contribution < 1.29 is 49.6 Å². The third-order valence-electron chi connectivity index (χ3n) is 7.64. The number of carbonyl (C=O) groups is 1. The number of aliphatic hydroxyl groups excluding tert-OH is 1. The number of aromatic hydroxyl groups is 5. The molecule has 0 saturated heterocycles. The normalized spacial score (nSPS) is 24.0. The van der Waals surface area contributed by atoms with Crippen molar-refractivity contribution in [1.82, 2.24) is 0 Å². The molecule has 3 heterocycles. The summed E-state index contributed by atoms with van der Waals surface area (Å²) in [5.41, 5.74) is -0.756. The quantitative estimate of drug-likeness (QED) is 0.219. The molecule has 4 atom stereocenters. The molecule has 6 N–H and O–H groups in total. The first kappa shape index (κ1) is 24.0. The average molecular weight is 542 g/mol. The third-order valence-corrected chi connectivity index (χ3v) is 7.64. The molecular formula is C30H22O10. The number of ether oxygens (including phenoxy) is 3. The maximum absolute atomic E-state index is 14.3. The van der Waals surface area contributed by atoms with Gasteiger partial charge in [-0.25, -0.2) is 0 Å². The zero-order valence-electron chi connectivity index (χ0n) is 20.6. The van der Waals surface area contributed by atoms with E-state index in [1.54, 1.807) is 24.3 Å². The highest BCUT2D eigenvalue weighted by Crippen LogP contribution is 2.63. The van der Waals surface area contributed by atoms with Gasteiger partial charge in [-0.15, -0.1) is 0 Å². The first-order valence-corrected chi connectivity index (χ1v) is 12.5. The Morgan fingerprint density at radius 2 is 1.38 bits per heavy atom. The molecule has 10 heteroatoms. The summed E-state index contributed by atoms with van der Waals surface area (Å²) in [6.07, 6.45) is -3.20. The van der Waals surface area contributed by atoms with Crippen molar-refractivity contribution in [2.75, 3.05) is 0 Å². The number of phenolic OH excluding ortho intramolecular Hbond substituents is 5. The van der Waals surface area contributed by atoms with E-state index in [9.17, 15) is 35.4 Å². The largest absolute Gasteiger partial charge is 0.508 e. The molecule has 0 radical (unpaired) electrons. The molecule has 1 spiro atoms. The van der Waals surface area contributed by atoms with Crippen LogP contribution in [0.4, 0.5) is 0 Å². The Labute approximate surface area is 226 Å². The lowest BCUT2D eigenvalue weighted by molar-refractivity contribution is -0.00128. The van der Waals surface area contributed by atoms with Crippen LogP contribution in [-0.2, 0) is 12.0 Å². The Hall–Kier alpha value is -5.09. The van der Waals surface area contributed by atoms with Crippen LogP contribution in [0.2, 0.25) is 0 Å². The van der Waals surface area contributed by atoms with Gasteiger partial charge in [-0.05, 0) is 35.4 Å². The molecule has 3 aliphatic heterocycles. The molecular weight excluding hydrogens is 520 g/mol. The van der Waals surface area contributed by atoms with Gasteiger partial charge in [0.2, 0.25) is 11.4 Å². The zero-order valence-corrected chi connectivity index (χ0v) is 20.6. The molecule has 4 aromatic rings. The number of aliphatic hydroxyl groups is 1. The molecule has 0 aromatic heterocycles. The molecule has 0 saturated carbocycles. The van der Waals surface area contributed by atoms with Crippen LogP contribution in [0.3, 0.4) is 0 Å². The highest BCUT2D eigenvalue weighted by atomic mass is 16.6. The van der Waals surface area contributed by atoms with E-state index >= 15 is 0 Å². The first-order chi connectivity index (χ1) is 19.2. The van der Waals surface area contributed by atoms with Crippen LogP contribution in [0, 0.1) is 0 Å². The van der Waals surface area contributed by atoms with Crippen molar-refractivity contribution in [2.45, 2.75) is 30.3 Å². The van der Waals surface area contributed by atoms with E-state index in [1.165, 1.54) is 36.4 Å². The van der Waals surface area contributed by atoms with Gasteiger partial charge in [0.05, 0.1) is 11.7 Å². The summed E-state index contributed by atoms with van der Waals surface area (Å²) in [5.74, 6) is -1.59. The van der Waals surface area contributed by atoms with E-state index < -0.39 is 35.4 Å². The second-order valence-corrected chi connectivity index (χ2v) is 10.1. The van der Waals surface area contributed by atoms with Gasteiger partial charge in [-0.2, -0.15) is 0 Å². The van der Waals surface area contributed by atoms with Gasteiger partial charge >= 0.3 is 0 Å². The monoisotopic (exact) mass is 542 g/mol. The minimum atomic E-state index is -1.96. The summed E-state index contributed by atoms with van der Waals surface area (Å²) in [7, 11) is 0. The molecule has 4 aromatic carbocycles. The van der Waals surface area contributed by atoms with Crippen molar-refractivity contribution in [1.29, 1.82) is 0 Å². The van der Waals surface area contributed by atoms with Crippen molar-refractivity contribution in [3.63, 3.8) is 0 Å². The number of fused-ring (bicyclic) bond motifs is 5. The van der Waals surface area contributed by atoms with Gasteiger partial charge < -0.3 is 44.8 Å². The molecule has 7 rings (SSSR count). The Bertz CT molecular complexity index is 1700. The number of hydrogen-bond acceptors (Lipinski definition) is 10. The second kappa shape index (κ2) is 8.20. The van der Waals surface area contributed by atoms with Crippen molar-refractivity contribution in [3.05, 3.63) is 94.5 Å². The number of hydrogen-bond donors (Lipinski definition) is 6. The minimum absolute atomic E-state index is 0.0121. The predicted octanol–water partition coefficient (Wildman–Crippen LogP) is 3.86. The van der Waals surface area contributed by atoms with E-state index in [1.807, 2.05) is 0 Å². The first-order valence-electron chi connectivity index (χ1n) is 12.5. The number of ketones is 1. The summed E-state index contributed by atoms with van der Waals surface area (Å²) in [4.78, 5) is 14.3. The van der Waals surface area contributed by atoms with Gasteiger partial charge in [-0.1, -0.05) is 24.3 Å². The highest BCUT2D eigenvalue weighted by molar-refractivity contribution is 6.12. The van der Waals surface area contributed by atoms with Crippen LogP contribution < -0.4 is 14.2 Å². The lowest BCUT2D eigenvalue weighted by Gasteiger charge is -2.35. The van der Waals surface area contributed by atoms with E-state index in [-0.39, 0.29) is 63.4 Å². The Balaban J connectivity index is 1.46. The highest BCUT2D eigenvalue weighted by Gasteiger charge is 2.65. The number of rotatable bonds is 2. The number of benzene rings is 4. The molecule has 202 valence electrons. The maximum atomic E-state index is 14.3. The Kier molecular flexibility index (Phi) is 4.92. The molecule has 0 fully saturated rings. The predicted molar refractivity (Wildman–Crippen MR) is 137 cm³/mol. The van der Waals surface area contributed by atoms with Gasteiger partial charge in [-0.3, -0.25) is 4.79 Å². The molecule has 0 aliphatic carbocycles. The molecule has 40 heavy (non-hydrogen) atoms. The van der Waals surface area contributed by atoms with Crippen LogP contribution in [0.5, 0.6) is 46.0 Å². The van der Waals surface area contributed by atoms with Crippen LogP contribution in [0.15, 0.2) is 66.7 Å². The van der Waals surface area contributed by atoms with Crippen LogP contribution in [0.25, 0.3) is 0 Å². The summed E-state index contributed by atoms with van der Waals surface area (Å²) < 4.78 is 18.9. The summed E-state index contributed by atoms with van der Waals surface area (Å²) in [6, 6.07) is 15.6. The summed E-state index contributed by atoms with van der Waals surface area (Å²) in [6.45, 7) is 0. The van der Waals surface area contributed by atoms with Gasteiger partial charge in [0.1, 0.15) is 57.7 Å². The van der Waals surface area contributed by atoms with E-state index in [4.69, 9.17) is 14.2 Å². The molecule has 0 bridgehead atoms. The van der Waals surface area contributed by atoms with Gasteiger partial charge in [0, 0.05) is 30.2 Å². The zero-order chi connectivity index (χ0) is 27.9. The van der Waals surface area contributed by atoms with E-state index in [2.05, 4.69) is 0 Å². The fourth-order valence-electron chi connectivity index (χ4n) is 5.84. The van der Waals surface area contributed by atoms with Crippen molar-refractivity contribution >= 4 is 5.78 Å².